The van der Waals surface area contributed by atoms with E-state index in [2.05, 4.69) is 4.74 Å². The van der Waals surface area contributed by atoms with Crippen molar-refractivity contribution >= 4 is 18.0 Å². The maximum absolute atomic E-state index is 12.7. The second-order valence-electron chi connectivity index (χ2n) is 5.05. The van der Waals surface area contributed by atoms with Crippen molar-refractivity contribution in [2.24, 2.45) is 0 Å². The molecule has 0 aromatic heterocycles. The third-order valence-electron chi connectivity index (χ3n) is 3.17. The zero-order valence-corrected chi connectivity index (χ0v) is 12.3. The van der Waals surface area contributed by atoms with Crippen LogP contribution >= 0.6 is 0 Å². The van der Waals surface area contributed by atoms with Crippen LogP contribution in [0.4, 0.5) is 26.3 Å². The maximum atomic E-state index is 12.7. The van der Waals surface area contributed by atoms with Crippen molar-refractivity contribution in [3.8, 4) is 0 Å². The van der Waals surface area contributed by atoms with Gasteiger partial charge in [0, 0.05) is 12.5 Å². The SMILES string of the molecule is O=C(/C=C/c1cc(C(F)(F)F)cc(C(F)(F)F)c1)OC1CCOC1=O. The lowest BCUT2D eigenvalue weighted by Gasteiger charge is -2.13. The molecule has 4 nitrogen and oxygen atoms in total. The van der Waals surface area contributed by atoms with Crippen LogP contribution < -0.4 is 0 Å². The molecule has 1 saturated heterocycles. The molecule has 0 radical (unpaired) electrons. The Morgan fingerprint density at radius 3 is 2.08 bits per heavy atom. The van der Waals surface area contributed by atoms with Crippen molar-refractivity contribution in [2.45, 2.75) is 24.9 Å². The molecule has 25 heavy (non-hydrogen) atoms. The van der Waals surface area contributed by atoms with Gasteiger partial charge in [-0.1, -0.05) is 0 Å². The van der Waals surface area contributed by atoms with Crippen LogP contribution in [0.15, 0.2) is 24.3 Å². The third-order valence-corrected chi connectivity index (χ3v) is 3.17. The van der Waals surface area contributed by atoms with Crippen LogP contribution in [0.3, 0.4) is 0 Å². The Labute approximate surface area is 137 Å². The van der Waals surface area contributed by atoms with E-state index in [9.17, 15) is 35.9 Å². The van der Waals surface area contributed by atoms with E-state index in [-0.39, 0.29) is 19.1 Å². The quantitative estimate of drug-likeness (QED) is 0.465. The van der Waals surface area contributed by atoms with Gasteiger partial charge in [0.2, 0.25) is 6.10 Å². The summed E-state index contributed by atoms with van der Waals surface area (Å²) in [6, 6.07) is 0.899. The summed E-state index contributed by atoms with van der Waals surface area (Å²) in [6.45, 7) is 0.0586. The molecule has 136 valence electrons. The van der Waals surface area contributed by atoms with Gasteiger partial charge in [-0.25, -0.2) is 9.59 Å². The van der Waals surface area contributed by atoms with Gasteiger partial charge in [-0.05, 0) is 29.8 Å². The Hall–Kier alpha value is -2.52. The Balaban J connectivity index is 2.22. The van der Waals surface area contributed by atoms with Gasteiger partial charge in [0.25, 0.3) is 0 Å². The minimum atomic E-state index is -4.99. The smallest absolute Gasteiger partial charge is 0.416 e. The number of hydrogen-bond acceptors (Lipinski definition) is 4. The molecule has 0 amide bonds. The monoisotopic (exact) mass is 368 g/mol. The zero-order chi connectivity index (χ0) is 18.8. The van der Waals surface area contributed by atoms with Gasteiger partial charge in [-0.15, -0.1) is 0 Å². The molecule has 1 aromatic rings. The van der Waals surface area contributed by atoms with Gasteiger partial charge in [0.15, 0.2) is 0 Å². The maximum Gasteiger partial charge on any atom is 0.416 e. The van der Waals surface area contributed by atoms with Crippen LogP contribution in [0.25, 0.3) is 6.08 Å². The molecule has 1 fully saturated rings. The zero-order valence-electron chi connectivity index (χ0n) is 12.3. The normalized spacial score (nSPS) is 18.5. The molecule has 0 saturated carbocycles. The highest BCUT2D eigenvalue weighted by Gasteiger charge is 2.36. The topological polar surface area (TPSA) is 52.6 Å². The molecule has 2 rings (SSSR count). The van der Waals surface area contributed by atoms with Gasteiger partial charge < -0.3 is 9.47 Å². The van der Waals surface area contributed by atoms with Crippen molar-refractivity contribution in [1.82, 2.24) is 0 Å². The number of ether oxygens (including phenoxy) is 2. The number of carbonyl (C=O) groups is 2. The molecule has 1 aliphatic heterocycles. The van der Waals surface area contributed by atoms with E-state index in [1.807, 2.05) is 0 Å². The van der Waals surface area contributed by atoms with Gasteiger partial charge in [0.05, 0.1) is 17.7 Å². The van der Waals surface area contributed by atoms with Crippen LogP contribution in [-0.4, -0.2) is 24.6 Å². The average Bonchev–Trinajstić information content (AvgIpc) is 2.88. The molecule has 0 N–H and O–H groups in total. The van der Waals surface area contributed by atoms with E-state index >= 15 is 0 Å². The molecular formula is C15H10F6O4. The van der Waals surface area contributed by atoms with E-state index < -0.39 is 47.1 Å². The lowest BCUT2D eigenvalue weighted by molar-refractivity contribution is -0.156. The average molecular weight is 368 g/mol. The minimum Gasteiger partial charge on any atom is -0.463 e. The molecule has 0 spiro atoms. The van der Waals surface area contributed by atoms with E-state index in [1.54, 1.807) is 0 Å². The van der Waals surface area contributed by atoms with Gasteiger partial charge >= 0.3 is 24.3 Å². The van der Waals surface area contributed by atoms with Crippen molar-refractivity contribution < 1.29 is 45.4 Å². The third kappa shape index (κ3) is 4.97. The second-order valence-corrected chi connectivity index (χ2v) is 5.05. The summed E-state index contributed by atoms with van der Waals surface area (Å²) in [4.78, 5) is 22.6. The standard InChI is InChI=1S/C15H10F6O4/c16-14(17,18)9-5-8(6-10(7-9)15(19,20)21)1-2-12(22)25-11-3-4-24-13(11)23/h1-2,5-7,11H,3-4H2/b2-1+. The highest BCUT2D eigenvalue weighted by Crippen LogP contribution is 2.36. The number of carbonyl (C=O) groups excluding carboxylic acids is 2. The first kappa shape index (κ1) is 18.8. The number of rotatable bonds is 3. The predicted octanol–water partition coefficient (Wildman–Crippen LogP) is 3.60. The lowest BCUT2D eigenvalue weighted by atomic mass is 10.0. The Morgan fingerprint density at radius 2 is 1.64 bits per heavy atom. The number of halogens is 6. The summed E-state index contributed by atoms with van der Waals surface area (Å²) in [7, 11) is 0. The largest absolute Gasteiger partial charge is 0.463 e. The van der Waals surface area contributed by atoms with Crippen LogP contribution in [0.5, 0.6) is 0 Å². The number of esters is 2. The van der Waals surface area contributed by atoms with Gasteiger partial charge in [-0.2, -0.15) is 26.3 Å². The minimum absolute atomic E-state index is 0.0236. The molecule has 1 heterocycles. The van der Waals surface area contributed by atoms with E-state index in [4.69, 9.17) is 4.74 Å². The Morgan fingerprint density at radius 1 is 1.08 bits per heavy atom. The number of cyclic esters (lactones) is 1. The predicted molar refractivity (Wildman–Crippen MR) is 70.9 cm³/mol. The summed E-state index contributed by atoms with van der Waals surface area (Å²) in [5.41, 5.74) is -3.50. The van der Waals surface area contributed by atoms with Crippen LogP contribution in [0.2, 0.25) is 0 Å². The van der Waals surface area contributed by atoms with Crippen molar-refractivity contribution in [3.05, 3.63) is 41.0 Å². The van der Waals surface area contributed by atoms with Gasteiger partial charge in [-0.3, -0.25) is 0 Å². The second kappa shape index (κ2) is 6.77. The van der Waals surface area contributed by atoms with E-state index in [0.29, 0.717) is 18.2 Å². The molecule has 0 aliphatic carbocycles. The van der Waals surface area contributed by atoms with Crippen LogP contribution in [0.1, 0.15) is 23.1 Å². The first-order chi connectivity index (χ1) is 11.5. The Bertz CT molecular complexity index is 673. The van der Waals surface area contributed by atoms with E-state index in [1.165, 1.54) is 0 Å². The summed E-state index contributed by atoms with van der Waals surface area (Å²) >= 11 is 0. The molecule has 1 aliphatic rings. The summed E-state index contributed by atoms with van der Waals surface area (Å²) in [6.07, 6.45) is -9.60. The fourth-order valence-corrected chi connectivity index (χ4v) is 2.00. The first-order valence-electron chi connectivity index (χ1n) is 6.81. The number of alkyl halides is 6. The molecule has 10 heteroatoms. The fourth-order valence-electron chi connectivity index (χ4n) is 2.00. The summed E-state index contributed by atoms with van der Waals surface area (Å²) in [5, 5.41) is 0. The van der Waals surface area contributed by atoms with Gasteiger partial charge in [0.1, 0.15) is 0 Å². The number of benzene rings is 1. The Kier molecular flexibility index (Phi) is 5.09. The van der Waals surface area contributed by atoms with Crippen LogP contribution in [0, 0.1) is 0 Å². The molecule has 0 bridgehead atoms. The fraction of sp³-hybridized carbons (Fsp3) is 0.333. The lowest BCUT2D eigenvalue weighted by Crippen LogP contribution is -2.21. The molecule has 1 unspecified atom stereocenters. The molecule has 1 atom stereocenters. The summed E-state index contributed by atoms with van der Waals surface area (Å²) in [5.74, 6) is -1.85. The van der Waals surface area contributed by atoms with Crippen LogP contribution in [-0.2, 0) is 31.4 Å². The molecule has 1 aromatic carbocycles. The highest BCUT2D eigenvalue weighted by molar-refractivity contribution is 5.89. The van der Waals surface area contributed by atoms with Crippen molar-refractivity contribution in [1.29, 1.82) is 0 Å². The first-order valence-corrected chi connectivity index (χ1v) is 6.81. The molecular weight excluding hydrogens is 358 g/mol. The van der Waals surface area contributed by atoms with E-state index in [0.717, 1.165) is 6.08 Å². The summed E-state index contributed by atoms with van der Waals surface area (Å²) < 4.78 is 85.5. The van der Waals surface area contributed by atoms with Crippen molar-refractivity contribution in [2.75, 3.05) is 6.61 Å². The van der Waals surface area contributed by atoms with Crippen molar-refractivity contribution in [3.63, 3.8) is 0 Å². The number of hydrogen-bond donors (Lipinski definition) is 0. The highest BCUT2D eigenvalue weighted by atomic mass is 19.4.